The van der Waals surface area contributed by atoms with Crippen LogP contribution in [0.3, 0.4) is 0 Å². The Hall–Kier alpha value is -2.58. The van der Waals surface area contributed by atoms with Crippen LogP contribution in [-0.4, -0.2) is 80.4 Å². The Bertz CT molecular complexity index is 1180. The van der Waals surface area contributed by atoms with Crippen LogP contribution >= 0.6 is 11.8 Å². The number of carbonyl (C=O) groups is 3. The highest BCUT2D eigenvalue weighted by Crippen LogP contribution is 2.72. The van der Waals surface area contributed by atoms with E-state index in [-0.39, 0.29) is 24.3 Å². The first-order valence-corrected chi connectivity index (χ1v) is 15.4. The zero-order valence-corrected chi connectivity index (χ0v) is 25.5. The second-order valence-electron chi connectivity index (χ2n) is 11.8. The van der Waals surface area contributed by atoms with Gasteiger partial charge >= 0.3 is 0 Å². The van der Waals surface area contributed by atoms with E-state index < -0.39 is 33.4 Å². The van der Waals surface area contributed by atoms with Crippen LogP contribution in [0.25, 0.3) is 0 Å². The summed E-state index contributed by atoms with van der Waals surface area (Å²) in [6.07, 6.45) is 6.19. The average Bonchev–Trinajstić information content (AvgIpc) is 3.50. The fraction of sp³-hybridized carbons (Fsp3) is 0.594. The van der Waals surface area contributed by atoms with Gasteiger partial charge in [0.2, 0.25) is 11.8 Å². The van der Waals surface area contributed by atoms with Crippen molar-refractivity contribution >= 4 is 35.2 Å². The normalized spacial score (nSPS) is 29.3. The second kappa shape index (κ2) is 11.7. The van der Waals surface area contributed by atoms with E-state index in [1.54, 1.807) is 33.7 Å². The molecule has 40 heavy (non-hydrogen) atoms. The number of hydrogen-bond acceptors (Lipinski definition) is 5. The molecule has 2 bridgehead atoms. The number of thioether (sulfide) groups is 1. The second-order valence-corrected chi connectivity index (χ2v) is 13.7. The minimum Gasteiger partial charge on any atom is -0.394 e. The Labute approximate surface area is 243 Å². The Morgan fingerprint density at radius 2 is 1.88 bits per heavy atom. The number of anilines is 1. The van der Waals surface area contributed by atoms with Crippen molar-refractivity contribution in [3.05, 3.63) is 54.6 Å². The minimum absolute atomic E-state index is 0.0285. The first-order valence-electron chi connectivity index (χ1n) is 14.6. The summed E-state index contributed by atoms with van der Waals surface area (Å²) in [6.45, 7) is 18.9. The summed E-state index contributed by atoms with van der Waals surface area (Å²) < 4.78 is -1.19. The number of aryl methyl sites for hydroxylation is 2. The maximum absolute atomic E-state index is 14.8. The average molecular weight is 568 g/mol. The highest BCUT2D eigenvalue weighted by Gasteiger charge is 2.78. The van der Waals surface area contributed by atoms with E-state index in [4.69, 9.17) is 0 Å². The molecule has 3 heterocycles. The predicted octanol–water partition coefficient (Wildman–Crippen LogP) is 4.50. The van der Waals surface area contributed by atoms with Gasteiger partial charge in [-0.25, -0.2) is 0 Å². The molecule has 3 saturated heterocycles. The van der Waals surface area contributed by atoms with Crippen LogP contribution in [0.4, 0.5) is 5.69 Å². The molecule has 4 rings (SSSR count). The van der Waals surface area contributed by atoms with E-state index >= 15 is 0 Å². The Kier molecular flexibility index (Phi) is 8.91. The van der Waals surface area contributed by atoms with Crippen molar-refractivity contribution in [1.82, 2.24) is 9.80 Å². The van der Waals surface area contributed by atoms with Gasteiger partial charge in [-0.15, -0.1) is 24.9 Å². The van der Waals surface area contributed by atoms with Crippen LogP contribution in [0.5, 0.6) is 0 Å². The summed E-state index contributed by atoms with van der Waals surface area (Å²) in [5.41, 5.74) is 2.79. The highest BCUT2D eigenvalue weighted by molar-refractivity contribution is 8.02. The number of carbonyl (C=O) groups excluding carboxylic acids is 3. The fourth-order valence-corrected chi connectivity index (χ4v) is 9.66. The molecular weight excluding hydrogens is 522 g/mol. The number of hydrogen-bond donors (Lipinski definition) is 1. The maximum Gasteiger partial charge on any atom is 0.251 e. The lowest BCUT2D eigenvalue weighted by molar-refractivity contribution is -0.146. The number of aliphatic hydroxyl groups is 1. The number of benzene rings is 1. The van der Waals surface area contributed by atoms with E-state index in [1.165, 1.54) is 0 Å². The quantitative estimate of drug-likeness (QED) is 0.376. The molecular formula is C32H45N3O4S. The monoisotopic (exact) mass is 567 g/mol. The lowest BCUT2D eigenvalue weighted by Crippen LogP contribution is -2.57. The molecule has 1 N–H and O–H groups in total. The largest absolute Gasteiger partial charge is 0.394 e. The van der Waals surface area contributed by atoms with Crippen molar-refractivity contribution in [2.24, 2.45) is 11.8 Å². The predicted molar refractivity (Wildman–Crippen MR) is 162 cm³/mol. The number of amides is 3. The van der Waals surface area contributed by atoms with Gasteiger partial charge < -0.3 is 19.8 Å². The summed E-state index contributed by atoms with van der Waals surface area (Å²) in [5, 5.41) is 10.4. The third kappa shape index (κ3) is 4.71. The number of rotatable bonds is 12. The molecule has 2 unspecified atom stereocenters. The molecule has 218 valence electrons. The topological polar surface area (TPSA) is 81.2 Å². The first-order chi connectivity index (χ1) is 19.0. The van der Waals surface area contributed by atoms with Gasteiger partial charge in [0, 0.05) is 30.1 Å². The molecule has 0 aromatic heterocycles. The van der Waals surface area contributed by atoms with Crippen molar-refractivity contribution in [2.75, 3.05) is 31.1 Å². The van der Waals surface area contributed by atoms with Gasteiger partial charge in [-0.3, -0.25) is 14.4 Å². The molecule has 3 aliphatic rings. The van der Waals surface area contributed by atoms with Gasteiger partial charge in [0.05, 0.1) is 29.2 Å². The minimum atomic E-state index is -0.786. The molecule has 8 heteroatoms. The van der Waals surface area contributed by atoms with Crippen molar-refractivity contribution < 1.29 is 19.5 Å². The summed E-state index contributed by atoms with van der Waals surface area (Å²) in [4.78, 5) is 48.7. The third-order valence-corrected chi connectivity index (χ3v) is 11.2. The molecule has 3 amide bonds. The zero-order valence-electron chi connectivity index (χ0n) is 24.7. The fourth-order valence-electron chi connectivity index (χ4n) is 7.33. The molecule has 0 aliphatic carbocycles. The van der Waals surface area contributed by atoms with Crippen LogP contribution in [-0.2, 0) is 14.4 Å². The number of fused-ring (bicyclic) bond motifs is 1. The van der Waals surface area contributed by atoms with Gasteiger partial charge in [0.25, 0.3) is 5.91 Å². The van der Waals surface area contributed by atoms with Crippen LogP contribution in [0.2, 0.25) is 0 Å². The summed E-state index contributed by atoms with van der Waals surface area (Å²) in [5.74, 6) is -1.53. The number of likely N-dealkylation sites (tertiary alicyclic amines) is 1. The molecule has 1 aromatic carbocycles. The summed E-state index contributed by atoms with van der Waals surface area (Å²) >= 11 is 1.67. The first kappa shape index (κ1) is 30.4. The Morgan fingerprint density at radius 3 is 2.48 bits per heavy atom. The number of nitrogens with zero attached hydrogens (tertiary/aromatic N) is 3. The van der Waals surface area contributed by atoms with E-state index in [0.717, 1.165) is 29.7 Å². The molecule has 3 fully saturated rings. The smallest absolute Gasteiger partial charge is 0.251 e. The van der Waals surface area contributed by atoms with Crippen LogP contribution < -0.4 is 4.90 Å². The van der Waals surface area contributed by atoms with E-state index in [9.17, 15) is 19.5 Å². The van der Waals surface area contributed by atoms with E-state index in [2.05, 4.69) is 20.1 Å². The van der Waals surface area contributed by atoms with Crippen molar-refractivity contribution in [3.8, 4) is 0 Å². The van der Waals surface area contributed by atoms with Gasteiger partial charge in [0.1, 0.15) is 6.04 Å². The van der Waals surface area contributed by atoms with Crippen molar-refractivity contribution in [1.29, 1.82) is 0 Å². The molecule has 1 spiro atoms. The van der Waals surface area contributed by atoms with Crippen molar-refractivity contribution in [2.45, 2.75) is 81.9 Å². The standard InChI is InChI=1S/C32H45N3O4S/c1-8-16-33(17-9-2)28(37)25-26-29(38)35(23(11-4)20-36)27(32(26)15-14-31(25,7)40-32)30(39)34(18-10-3)24-19-21(5)12-13-22(24)6/h8,10,12-13,19,23,25-27,36H,1,3,9,11,14-18,20H2,2,4-7H3/t23-,25+,26-,27?,31-,32?/m0/s1. The van der Waals surface area contributed by atoms with Crippen LogP contribution in [0, 0.1) is 25.7 Å². The molecule has 0 saturated carbocycles. The van der Waals surface area contributed by atoms with E-state index in [1.807, 2.05) is 50.8 Å². The molecule has 7 nitrogen and oxygen atoms in total. The lowest BCUT2D eigenvalue weighted by atomic mass is 9.66. The highest BCUT2D eigenvalue weighted by atomic mass is 32.2. The van der Waals surface area contributed by atoms with Gasteiger partial charge in [-0.2, -0.15) is 0 Å². The van der Waals surface area contributed by atoms with Crippen LogP contribution in [0.15, 0.2) is 43.5 Å². The number of aliphatic hydroxyl groups excluding tert-OH is 1. The van der Waals surface area contributed by atoms with Gasteiger partial charge in [-0.1, -0.05) is 38.1 Å². The SMILES string of the molecule is C=CCN(CCC)C(=O)[C@H]1[C@H]2C(=O)N([C@@H](CC)CO)C(C(=O)N(CC=C)c3cc(C)ccc3C)C23CC[C@]1(C)S3. The van der Waals surface area contributed by atoms with Crippen molar-refractivity contribution in [3.63, 3.8) is 0 Å². The summed E-state index contributed by atoms with van der Waals surface area (Å²) in [7, 11) is 0. The zero-order chi connectivity index (χ0) is 29.4. The Morgan fingerprint density at radius 1 is 1.18 bits per heavy atom. The third-order valence-electron chi connectivity index (χ3n) is 9.18. The van der Waals surface area contributed by atoms with Crippen LogP contribution in [0.1, 0.15) is 57.6 Å². The van der Waals surface area contributed by atoms with E-state index in [0.29, 0.717) is 32.5 Å². The molecule has 0 radical (unpaired) electrons. The molecule has 1 aromatic rings. The van der Waals surface area contributed by atoms with Gasteiger partial charge in [0.15, 0.2) is 0 Å². The maximum atomic E-state index is 14.8. The summed E-state index contributed by atoms with van der Waals surface area (Å²) in [6, 6.07) is 4.73. The van der Waals surface area contributed by atoms with Gasteiger partial charge in [-0.05, 0) is 63.6 Å². The molecule has 3 aliphatic heterocycles. The Balaban J connectivity index is 1.86. The lowest BCUT2D eigenvalue weighted by Gasteiger charge is -2.39. The molecule has 6 atom stereocenters.